The van der Waals surface area contributed by atoms with E-state index in [2.05, 4.69) is 20.3 Å². The topological polar surface area (TPSA) is 79.6 Å². The molecule has 0 bridgehead atoms. The summed E-state index contributed by atoms with van der Waals surface area (Å²) in [6.07, 6.45) is 3.15. The Morgan fingerprint density at radius 2 is 2.06 bits per heavy atom. The minimum absolute atomic E-state index is 0.572. The Balaban J connectivity index is 2.10. The van der Waals surface area contributed by atoms with Crippen molar-refractivity contribution >= 4 is 39.8 Å². The summed E-state index contributed by atoms with van der Waals surface area (Å²) in [5.41, 5.74) is 8.00. The Morgan fingerprint density at radius 3 is 2.89 bits per heavy atom. The first kappa shape index (κ1) is 10.9. The minimum Gasteiger partial charge on any atom is -0.397 e. The molecule has 18 heavy (non-hydrogen) atoms. The number of nitrogens with zero attached hydrogens (tertiary/aromatic N) is 2. The molecule has 3 rings (SSSR count). The summed E-state index contributed by atoms with van der Waals surface area (Å²) in [6, 6.07) is 7.47. The van der Waals surface area contributed by atoms with E-state index < -0.39 is 0 Å². The number of fused-ring (bicyclic) bond motifs is 1. The van der Waals surface area contributed by atoms with Crippen LogP contribution in [0.3, 0.4) is 0 Å². The standard InChI is InChI=1S/C12H10ClN5/c13-7-5-15-11-10(7)12(17-6-16-11)18-9-4-2-1-3-8(9)14/h1-6H,14H2,(H2,15,16,17,18). The zero-order valence-electron chi connectivity index (χ0n) is 9.31. The van der Waals surface area contributed by atoms with Gasteiger partial charge in [0.25, 0.3) is 0 Å². The molecule has 1 aromatic carbocycles. The van der Waals surface area contributed by atoms with Gasteiger partial charge in [0.2, 0.25) is 0 Å². The third-order valence-corrected chi connectivity index (χ3v) is 2.93. The van der Waals surface area contributed by atoms with Crippen LogP contribution in [0.1, 0.15) is 0 Å². The zero-order valence-corrected chi connectivity index (χ0v) is 10.1. The molecule has 2 aromatic heterocycles. The number of aromatic amines is 1. The summed E-state index contributed by atoms with van der Waals surface area (Å²) in [5.74, 6) is 0.629. The average Bonchev–Trinajstić information content (AvgIpc) is 2.75. The quantitative estimate of drug-likeness (QED) is 0.618. The molecule has 4 N–H and O–H groups in total. The number of para-hydroxylation sites is 2. The van der Waals surface area contributed by atoms with Crippen molar-refractivity contribution in [2.24, 2.45) is 0 Å². The predicted molar refractivity (Wildman–Crippen MR) is 73.0 cm³/mol. The van der Waals surface area contributed by atoms with Gasteiger partial charge in [-0.3, -0.25) is 0 Å². The maximum absolute atomic E-state index is 6.10. The van der Waals surface area contributed by atoms with E-state index in [1.54, 1.807) is 6.20 Å². The normalized spacial score (nSPS) is 10.7. The zero-order chi connectivity index (χ0) is 12.5. The van der Waals surface area contributed by atoms with Crippen molar-refractivity contribution in [3.63, 3.8) is 0 Å². The second-order valence-corrected chi connectivity index (χ2v) is 4.20. The third-order valence-electron chi connectivity index (χ3n) is 2.64. The van der Waals surface area contributed by atoms with Gasteiger partial charge in [0.1, 0.15) is 17.8 Å². The lowest BCUT2D eigenvalue weighted by Gasteiger charge is -2.08. The summed E-state index contributed by atoms with van der Waals surface area (Å²) in [6.45, 7) is 0. The Labute approximate surface area is 108 Å². The van der Waals surface area contributed by atoms with E-state index in [-0.39, 0.29) is 0 Å². The molecule has 2 heterocycles. The summed E-state index contributed by atoms with van der Waals surface area (Å²) in [7, 11) is 0. The number of nitrogens with one attached hydrogen (secondary N) is 2. The highest BCUT2D eigenvalue weighted by molar-refractivity contribution is 6.36. The molecular weight excluding hydrogens is 250 g/mol. The predicted octanol–water partition coefficient (Wildman–Crippen LogP) is 2.94. The average molecular weight is 260 g/mol. The van der Waals surface area contributed by atoms with Crippen molar-refractivity contribution in [1.29, 1.82) is 0 Å². The summed E-state index contributed by atoms with van der Waals surface area (Å²) in [5, 5.41) is 4.49. The lowest BCUT2D eigenvalue weighted by atomic mass is 10.2. The fourth-order valence-electron chi connectivity index (χ4n) is 1.76. The van der Waals surface area contributed by atoms with Gasteiger partial charge in [-0.1, -0.05) is 23.7 Å². The van der Waals surface area contributed by atoms with E-state index in [1.165, 1.54) is 6.33 Å². The number of aromatic nitrogens is 3. The summed E-state index contributed by atoms with van der Waals surface area (Å²) < 4.78 is 0. The monoisotopic (exact) mass is 259 g/mol. The number of nitrogens with two attached hydrogens (primary N) is 1. The number of anilines is 3. The highest BCUT2D eigenvalue weighted by atomic mass is 35.5. The van der Waals surface area contributed by atoms with Gasteiger partial charge >= 0.3 is 0 Å². The van der Waals surface area contributed by atoms with Crippen LogP contribution in [0.4, 0.5) is 17.2 Å². The number of benzene rings is 1. The van der Waals surface area contributed by atoms with Gasteiger partial charge in [-0.05, 0) is 12.1 Å². The Bertz CT molecular complexity index is 707. The molecule has 0 atom stereocenters. The summed E-state index contributed by atoms with van der Waals surface area (Å²) >= 11 is 6.10. The highest BCUT2D eigenvalue weighted by Crippen LogP contribution is 2.30. The van der Waals surface area contributed by atoms with Crippen molar-refractivity contribution in [2.75, 3.05) is 11.1 Å². The molecule has 5 nitrogen and oxygen atoms in total. The number of H-pyrrole nitrogens is 1. The van der Waals surface area contributed by atoms with Crippen molar-refractivity contribution < 1.29 is 0 Å². The van der Waals surface area contributed by atoms with Crippen LogP contribution in [-0.4, -0.2) is 15.0 Å². The SMILES string of the molecule is Nc1ccccc1Nc1ncnc2[nH]cc(Cl)c12. The third kappa shape index (κ3) is 1.74. The van der Waals surface area contributed by atoms with Gasteiger partial charge < -0.3 is 16.0 Å². The second kappa shape index (κ2) is 4.19. The van der Waals surface area contributed by atoms with E-state index in [1.807, 2.05) is 24.3 Å². The van der Waals surface area contributed by atoms with Crippen molar-refractivity contribution in [1.82, 2.24) is 15.0 Å². The van der Waals surface area contributed by atoms with Gasteiger partial charge in [-0.25, -0.2) is 9.97 Å². The molecule has 0 fully saturated rings. The van der Waals surface area contributed by atoms with E-state index >= 15 is 0 Å². The molecular formula is C12H10ClN5. The first-order valence-electron chi connectivity index (χ1n) is 5.35. The fraction of sp³-hybridized carbons (Fsp3) is 0. The van der Waals surface area contributed by atoms with Gasteiger partial charge in [0, 0.05) is 6.20 Å². The lowest BCUT2D eigenvalue weighted by molar-refractivity contribution is 1.20. The molecule has 0 saturated carbocycles. The number of nitrogen functional groups attached to an aromatic ring is 1. The van der Waals surface area contributed by atoms with Crippen LogP contribution in [0, 0.1) is 0 Å². The maximum Gasteiger partial charge on any atom is 0.144 e. The van der Waals surface area contributed by atoms with Gasteiger partial charge in [-0.15, -0.1) is 0 Å². The Hall–Kier alpha value is -2.27. The van der Waals surface area contributed by atoms with Crippen LogP contribution >= 0.6 is 11.6 Å². The Kier molecular flexibility index (Phi) is 2.53. The smallest absolute Gasteiger partial charge is 0.144 e. The fourth-order valence-corrected chi connectivity index (χ4v) is 1.99. The van der Waals surface area contributed by atoms with Gasteiger partial charge in [0.15, 0.2) is 0 Å². The minimum atomic E-state index is 0.572. The first-order valence-corrected chi connectivity index (χ1v) is 5.72. The highest BCUT2D eigenvalue weighted by Gasteiger charge is 2.10. The molecule has 0 aliphatic carbocycles. The van der Waals surface area contributed by atoms with Crippen LogP contribution < -0.4 is 11.1 Å². The number of rotatable bonds is 2. The molecule has 0 aliphatic rings. The van der Waals surface area contributed by atoms with Gasteiger partial charge in [-0.2, -0.15) is 0 Å². The molecule has 90 valence electrons. The number of hydrogen-bond donors (Lipinski definition) is 3. The van der Waals surface area contributed by atoms with Crippen molar-refractivity contribution in [3.8, 4) is 0 Å². The lowest BCUT2D eigenvalue weighted by Crippen LogP contribution is -1.98. The molecule has 0 amide bonds. The van der Waals surface area contributed by atoms with Gasteiger partial charge in [0.05, 0.1) is 21.8 Å². The largest absolute Gasteiger partial charge is 0.397 e. The van der Waals surface area contributed by atoms with Crippen LogP contribution in [0.25, 0.3) is 11.0 Å². The van der Waals surface area contributed by atoms with Crippen LogP contribution in [0.15, 0.2) is 36.8 Å². The molecule has 0 unspecified atom stereocenters. The van der Waals surface area contributed by atoms with Crippen molar-refractivity contribution in [3.05, 3.63) is 41.8 Å². The molecule has 0 saturated heterocycles. The van der Waals surface area contributed by atoms with Crippen LogP contribution in [-0.2, 0) is 0 Å². The van der Waals surface area contributed by atoms with E-state index in [4.69, 9.17) is 17.3 Å². The van der Waals surface area contributed by atoms with E-state index in [0.29, 0.717) is 22.2 Å². The van der Waals surface area contributed by atoms with E-state index in [0.717, 1.165) is 11.1 Å². The van der Waals surface area contributed by atoms with Crippen LogP contribution in [0.2, 0.25) is 5.02 Å². The number of hydrogen-bond acceptors (Lipinski definition) is 4. The van der Waals surface area contributed by atoms with Crippen molar-refractivity contribution in [2.45, 2.75) is 0 Å². The van der Waals surface area contributed by atoms with Crippen LogP contribution in [0.5, 0.6) is 0 Å². The molecule has 0 aliphatic heterocycles. The molecule has 3 aromatic rings. The molecule has 0 radical (unpaired) electrons. The Morgan fingerprint density at radius 1 is 1.22 bits per heavy atom. The number of halogens is 1. The molecule has 0 spiro atoms. The maximum atomic E-state index is 6.10. The molecule has 6 heteroatoms. The first-order chi connectivity index (χ1) is 8.75. The van der Waals surface area contributed by atoms with E-state index in [9.17, 15) is 0 Å². The second-order valence-electron chi connectivity index (χ2n) is 3.79. The summed E-state index contributed by atoms with van der Waals surface area (Å²) in [4.78, 5) is 11.3.